The maximum Gasteiger partial charge on any atom is 0.251 e. The van der Waals surface area contributed by atoms with Gasteiger partial charge in [0.1, 0.15) is 24.7 Å². The van der Waals surface area contributed by atoms with Gasteiger partial charge in [-0.25, -0.2) is 4.98 Å². The lowest BCUT2D eigenvalue weighted by molar-refractivity contribution is -0.138. The van der Waals surface area contributed by atoms with E-state index in [1.54, 1.807) is 43.6 Å². The first-order chi connectivity index (χ1) is 21.8. The topological polar surface area (TPSA) is 129 Å². The summed E-state index contributed by atoms with van der Waals surface area (Å²) >= 11 is 0. The van der Waals surface area contributed by atoms with Crippen LogP contribution in [0.25, 0.3) is 0 Å². The lowest BCUT2D eigenvalue weighted by atomic mass is 9.72. The van der Waals surface area contributed by atoms with E-state index in [9.17, 15) is 19.5 Å². The number of hydrogen-bond donors (Lipinski definition) is 3. The molecule has 0 saturated carbocycles. The third-order valence-corrected chi connectivity index (χ3v) is 8.48. The van der Waals surface area contributed by atoms with Crippen molar-refractivity contribution in [3.8, 4) is 0 Å². The largest absolute Gasteiger partial charge is 0.393 e. The van der Waals surface area contributed by atoms with E-state index in [4.69, 9.17) is 0 Å². The maximum absolute atomic E-state index is 14.1. The standard InChI is InChI=1S/C35H40N6O4/c1-26(42)21-30(38-32(43)28-13-7-3-8-14-28)33(44)39-31(22-27-11-5-2-6-12-27)34(45)40-19-17-35(18-20-40,23-41-25-36-24-37-41)29-15-9-4-10-16-29/h2-16,24-26,30-31,42H,17-23H2,1H3,(H,38,43)(H,39,44)/t26?,30-,31-/m0/s1. The van der Waals surface area contributed by atoms with Gasteiger partial charge in [-0.2, -0.15) is 5.10 Å². The summed E-state index contributed by atoms with van der Waals surface area (Å²) in [7, 11) is 0. The molecule has 0 radical (unpaired) electrons. The highest BCUT2D eigenvalue weighted by molar-refractivity contribution is 5.98. The van der Waals surface area contributed by atoms with Crippen molar-refractivity contribution >= 4 is 17.7 Å². The van der Waals surface area contributed by atoms with E-state index >= 15 is 0 Å². The maximum atomic E-state index is 14.1. The number of carbonyl (C=O) groups is 3. The Kier molecular flexibility index (Phi) is 10.4. The normalized spacial score (nSPS) is 16.3. The lowest BCUT2D eigenvalue weighted by Crippen LogP contribution is -2.57. The molecule has 3 atom stereocenters. The molecule has 234 valence electrons. The Labute approximate surface area is 263 Å². The first-order valence-corrected chi connectivity index (χ1v) is 15.4. The van der Waals surface area contributed by atoms with Crippen molar-refractivity contribution in [2.75, 3.05) is 13.1 Å². The number of hydrogen-bond acceptors (Lipinski definition) is 6. The molecule has 0 bridgehead atoms. The molecule has 5 rings (SSSR count). The third-order valence-electron chi connectivity index (χ3n) is 8.48. The lowest BCUT2D eigenvalue weighted by Gasteiger charge is -2.43. The molecular formula is C35H40N6O4. The zero-order valence-corrected chi connectivity index (χ0v) is 25.5. The average Bonchev–Trinajstić information content (AvgIpc) is 3.58. The van der Waals surface area contributed by atoms with Crippen molar-refractivity contribution in [1.82, 2.24) is 30.3 Å². The van der Waals surface area contributed by atoms with Crippen LogP contribution in [0.1, 0.15) is 47.7 Å². The number of aromatic nitrogens is 3. The highest BCUT2D eigenvalue weighted by Crippen LogP contribution is 2.37. The van der Waals surface area contributed by atoms with Crippen LogP contribution >= 0.6 is 0 Å². The summed E-state index contributed by atoms with van der Waals surface area (Å²) in [6.07, 6.45) is 4.12. The van der Waals surface area contributed by atoms with Gasteiger partial charge in [-0.1, -0.05) is 78.9 Å². The van der Waals surface area contributed by atoms with Crippen LogP contribution in [0, 0.1) is 0 Å². The molecule has 45 heavy (non-hydrogen) atoms. The van der Waals surface area contributed by atoms with E-state index in [1.165, 1.54) is 11.9 Å². The second-order valence-corrected chi connectivity index (χ2v) is 11.8. The minimum atomic E-state index is -1.03. The van der Waals surface area contributed by atoms with Crippen LogP contribution in [-0.2, 0) is 28.0 Å². The zero-order chi connectivity index (χ0) is 31.6. The van der Waals surface area contributed by atoms with E-state index in [2.05, 4.69) is 32.8 Å². The van der Waals surface area contributed by atoms with Crippen molar-refractivity contribution in [1.29, 1.82) is 0 Å². The molecule has 0 spiro atoms. The molecule has 1 fully saturated rings. The van der Waals surface area contributed by atoms with E-state index in [-0.39, 0.29) is 17.7 Å². The van der Waals surface area contributed by atoms with Crippen molar-refractivity contribution in [2.24, 2.45) is 0 Å². The van der Waals surface area contributed by atoms with Crippen molar-refractivity contribution in [3.05, 3.63) is 120 Å². The molecular weight excluding hydrogens is 568 g/mol. The second kappa shape index (κ2) is 14.8. The van der Waals surface area contributed by atoms with Gasteiger partial charge in [-0.15, -0.1) is 0 Å². The molecule has 2 heterocycles. The summed E-state index contributed by atoms with van der Waals surface area (Å²) in [6, 6.07) is 26.6. The van der Waals surface area contributed by atoms with Gasteiger partial charge in [-0.05, 0) is 43.0 Å². The van der Waals surface area contributed by atoms with Gasteiger partial charge in [0.2, 0.25) is 11.8 Å². The molecule has 4 aromatic rings. The first kappa shape index (κ1) is 31.6. The Bertz CT molecular complexity index is 1520. The van der Waals surface area contributed by atoms with Gasteiger partial charge in [0.25, 0.3) is 5.91 Å². The number of benzene rings is 3. The number of carbonyl (C=O) groups excluding carboxylic acids is 3. The van der Waals surface area contributed by atoms with E-state index in [0.717, 1.165) is 5.56 Å². The van der Waals surface area contributed by atoms with Crippen molar-refractivity contribution in [3.63, 3.8) is 0 Å². The monoisotopic (exact) mass is 608 g/mol. The summed E-state index contributed by atoms with van der Waals surface area (Å²) in [4.78, 5) is 46.7. The molecule has 3 N–H and O–H groups in total. The van der Waals surface area contributed by atoms with Crippen molar-refractivity contribution in [2.45, 2.75) is 62.8 Å². The van der Waals surface area contributed by atoms with Crippen LogP contribution in [0.3, 0.4) is 0 Å². The van der Waals surface area contributed by atoms with Crippen LogP contribution in [0.2, 0.25) is 0 Å². The van der Waals surface area contributed by atoms with Gasteiger partial charge in [0.05, 0.1) is 12.6 Å². The highest BCUT2D eigenvalue weighted by Gasteiger charge is 2.40. The molecule has 1 aromatic heterocycles. The van der Waals surface area contributed by atoms with Gasteiger partial charge in [0, 0.05) is 36.9 Å². The molecule has 10 heteroatoms. The van der Waals surface area contributed by atoms with E-state index in [1.807, 2.05) is 58.1 Å². The number of piperidine rings is 1. The minimum Gasteiger partial charge on any atom is -0.393 e. The zero-order valence-electron chi connectivity index (χ0n) is 25.5. The molecule has 1 aliphatic rings. The third kappa shape index (κ3) is 8.21. The predicted molar refractivity (Wildman–Crippen MR) is 170 cm³/mol. The fourth-order valence-corrected chi connectivity index (χ4v) is 6.06. The highest BCUT2D eigenvalue weighted by atomic mass is 16.3. The Balaban J connectivity index is 1.33. The summed E-state index contributed by atoms with van der Waals surface area (Å²) in [5.41, 5.74) is 2.27. The Hall–Kier alpha value is -4.83. The molecule has 1 aliphatic heterocycles. The van der Waals surface area contributed by atoms with Crippen LogP contribution in [-0.4, -0.2) is 73.8 Å². The molecule has 10 nitrogen and oxygen atoms in total. The number of nitrogens with zero attached hydrogens (tertiary/aromatic N) is 4. The second-order valence-electron chi connectivity index (χ2n) is 11.8. The van der Waals surface area contributed by atoms with Gasteiger partial charge in [0.15, 0.2) is 0 Å². The number of likely N-dealkylation sites (tertiary alicyclic amines) is 1. The Morgan fingerprint density at radius 2 is 1.49 bits per heavy atom. The molecule has 1 saturated heterocycles. The van der Waals surface area contributed by atoms with E-state index in [0.29, 0.717) is 44.5 Å². The molecule has 0 aliphatic carbocycles. The first-order valence-electron chi connectivity index (χ1n) is 15.4. The summed E-state index contributed by atoms with van der Waals surface area (Å²) in [5, 5.41) is 20.2. The quantitative estimate of drug-likeness (QED) is 0.227. The summed E-state index contributed by atoms with van der Waals surface area (Å²) < 4.78 is 1.84. The van der Waals surface area contributed by atoms with Crippen molar-refractivity contribution < 1.29 is 19.5 Å². The predicted octanol–water partition coefficient (Wildman–Crippen LogP) is 3.14. The van der Waals surface area contributed by atoms with Crippen LogP contribution in [0.4, 0.5) is 0 Å². The summed E-state index contributed by atoms with van der Waals surface area (Å²) in [5.74, 6) is -1.13. The molecule has 3 amide bonds. The fourth-order valence-electron chi connectivity index (χ4n) is 6.06. The Morgan fingerprint density at radius 1 is 0.867 bits per heavy atom. The number of aliphatic hydroxyl groups excluding tert-OH is 1. The van der Waals surface area contributed by atoms with Gasteiger partial charge in [-0.3, -0.25) is 19.1 Å². The fraction of sp³-hybridized carbons (Fsp3) is 0.343. The van der Waals surface area contributed by atoms with E-state index < -0.39 is 30.0 Å². The summed E-state index contributed by atoms with van der Waals surface area (Å²) in [6.45, 7) is 3.22. The van der Waals surface area contributed by atoms with Crippen LogP contribution < -0.4 is 10.6 Å². The van der Waals surface area contributed by atoms with Gasteiger partial charge >= 0.3 is 0 Å². The number of amides is 3. The Morgan fingerprint density at radius 3 is 2.09 bits per heavy atom. The average molecular weight is 609 g/mol. The molecule has 1 unspecified atom stereocenters. The SMILES string of the molecule is CC(O)C[C@H](NC(=O)c1ccccc1)C(=O)N[C@@H](Cc1ccccc1)C(=O)N1CCC(Cn2cncn2)(c2ccccc2)CC1. The van der Waals surface area contributed by atoms with Crippen LogP contribution in [0.5, 0.6) is 0 Å². The number of aliphatic hydroxyl groups is 1. The van der Waals surface area contributed by atoms with Crippen LogP contribution in [0.15, 0.2) is 104 Å². The number of nitrogens with one attached hydrogen (secondary N) is 2. The van der Waals surface area contributed by atoms with Gasteiger partial charge < -0.3 is 20.6 Å². The smallest absolute Gasteiger partial charge is 0.251 e. The minimum absolute atomic E-state index is 0.00223. The number of rotatable bonds is 12. The molecule has 3 aromatic carbocycles.